The monoisotopic (exact) mass is 402 g/mol. The molecule has 0 unspecified atom stereocenters. The van der Waals surface area contributed by atoms with Gasteiger partial charge < -0.3 is 15.4 Å². The van der Waals surface area contributed by atoms with E-state index in [1.54, 1.807) is 0 Å². The van der Waals surface area contributed by atoms with Crippen LogP contribution in [0.3, 0.4) is 0 Å². The average molecular weight is 403 g/mol. The number of fused-ring (bicyclic) bond motifs is 1. The Morgan fingerprint density at radius 1 is 0.967 bits per heavy atom. The molecular weight excluding hydrogens is 372 g/mol. The van der Waals surface area contributed by atoms with Crippen LogP contribution in [-0.2, 0) is 9.53 Å². The highest BCUT2D eigenvalue weighted by molar-refractivity contribution is 5.83. The van der Waals surface area contributed by atoms with E-state index in [4.69, 9.17) is 4.74 Å². The minimum atomic E-state index is -0.216. The molecule has 1 aliphatic carbocycles. The fourth-order valence-corrected chi connectivity index (χ4v) is 4.13. The molecule has 3 aromatic carbocycles. The Morgan fingerprint density at radius 3 is 2.40 bits per heavy atom. The number of rotatable bonds is 9. The first kappa shape index (κ1) is 20.6. The van der Waals surface area contributed by atoms with Gasteiger partial charge in [0.15, 0.2) is 0 Å². The topological polar surface area (TPSA) is 50.4 Å². The highest BCUT2D eigenvalue weighted by Crippen LogP contribution is 2.35. The molecule has 0 radical (unpaired) electrons. The Balaban J connectivity index is 1.60. The van der Waals surface area contributed by atoms with E-state index in [-0.39, 0.29) is 24.5 Å². The van der Waals surface area contributed by atoms with Gasteiger partial charge in [-0.05, 0) is 48.2 Å². The van der Waals surface area contributed by atoms with Crippen LogP contribution in [0.1, 0.15) is 42.4 Å². The van der Waals surface area contributed by atoms with Crippen molar-refractivity contribution in [2.24, 2.45) is 0 Å². The first-order valence-electron chi connectivity index (χ1n) is 10.8. The number of carbonyl (C=O) groups is 1. The first-order valence-corrected chi connectivity index (χ1v) is 10.8. The number of carbonyl (C=O) groups excluding carboxylic acids is 1. The smallest absolute Gasteiger partial charge is 0.246 e. The molecule has 0 spiro atoms. The van der Waals surface area contributed by atoms with E-state index >= 15 is 0 Å². The van der Waals surface area contributed by atoms with E-state index < -0.39 is 0 Å². The van der Waals surface area contributed by atoms with Gasteiger partial charge in [0.1, 0.15) is 6.61 Å². The summed E-state index contributed by atoms with van der Waals surface area (Å²) < 4.78 is 6.29. The third-order valence-corrected chi connectivity index (χ3v) is 5.98. The summed E-state index contributed by atoms with van der Waals surface area (Å²) >= 11 is 0. The summed E-state index contributed by atoms with van der Waals surface area (Å²) in [6.07, 6.45) is 3.14. The molecule has 1 amide bonds. The zero-order valence-electron chi connectivity index (χ0n) is 17.5. The minimum Gasteiger partial charge on any atom is -0.363 e. The SMILES string of the molecule is CNC[C@H](c1ccc2ccccc2c1)[C@H](OCC(=O)NC1CCC1)c1ccccc1. The normalized spacial score (nSPS) is 16.0. The molecule has 30 heavy (non-hydrogen) atoms. The van der Waals surface area contributed by atoms with Crippen molar-refractivity contribution < 1.29 is 9.53 Å². The van der Waals surface area contributed by atoms with Gasteiger partial charge in [-0.25, -0.2) is 0 Å². The summed E-state index contributed by atoms with van der Waals surface area (Å²) in [5.41, 5.74) is 2.29. The Kier molecular flexibility index (Phi) is 6.77. The number of amides is 1. The average Bonchev–Trinajstić information content (AvgIpc) is 2.76. The zero-order chi connectivity index (χ0) is 20.8. The molecular formula is C26H30N2O2. The van der Waals surface area contributed by atoms with Crippen molar-refractivity contribution in [2.75, 3.05) is 20.2 Å². The number of hydrogen-bond acceptors (Lipinski definition) is 3. The fourth-order valence-electron chi connectivity index (χ4n) is 4.13. The molecule has 0 bridgehead atoms. The van der Waals surface area contributed by atoms with Crippen molar-refractivity contribution in [3.8, 4) is 0 Å². The third-order valence-electron chi connectivity index (χ3n) is 5.98. The van der Waals surface area contributed by atoms with Crippen LogP contribution in [0.25, 0.3) is 10.8 Å². The molecule has 4 heteroatoms. The lowest BCUT2D eigenvalue weighted by molar-refractivity contribution is -0.129. The standard InChI is InChI=1S/C26H30N2O2/c1-27-17-24(22-15-14-19-8-5-6-11-21(19)16-22)26(20-9-3-2-4-10-20)30-18-25(29)28-23-12-7-13-23/h2-6,8-11,14-16,23-24,26-27H,7,12-13,17-18H2,1H3,(H,28,29)/t24-,26-/m1/s1. The molecule has 3 aromatic rings. The number of benzene rings is 3. The zero-order valence-corrected chi connectivity index (χ0v) is 17.5. The van der Waals surface area contributed by atoms with Crippen LogP contribution < -0.4 is 10.6 Å². The van der Waals surface area contributed by atoms with Gasteiger partial charge in [-0.3, -0.25) is 4.79 Å². The van der Waals surface area contributed by atoms with E-state index in [0.29, 0.717) is 6.04 Å². The predicted molar refractivity (Wildman–Crippen MR) is 122 cm³/mol. The quantitative estimate of drug-likeness (QED) is 0.551. The Hall–Kier alpha value is -2.69. The van der Waals surface area contributed by atoms with Crippen LogP contribution in [0.15, 0.2) is 72.8 Å². The van der Waals surface area contributed by atoms with Crippen molar-refractivity contribution in [1.82, 2.24) is 10.6 Å². The fraction of sp³-hybridized carbons (Fsp3) is 0.346. The second kappa shape index (κ2) is 9.88. The van der Waals surface area contributed by atoms with Crippen LogP contribution in [0.2, 0.25) is 0 Å². The minimum absolute atomic E-state index is 0.0256. The van der Waals surface area contributed by atoms with Crippen molar-refractivity contribution >= 4 is 16.7 Å². The molecule has 0 saturated heterocycles. The molecule has 0 heterocycles. The summed E-state index contributed by atoms with van der Waals surface area (Å²) in [7, 11) is 1.96. The summed E-state index contributed by atoms with van der Waals surface area (Å²) in [5.74, 6) is 0.0564. The van der Waals surface area contributed by atoms with Crippen molar-refractivity contribution in [1.29, 1.82) is 0 Å². The van der Waals surface area contributed by atoms with E-state index in [1.807, 2.05) is 25.2 Å². The number of hydrogen-bond donors (Lipinski definition) is 2. The van der Waals surface area contributed by atoms with E-state index in [0.717, 1.165) is 24.9 Å². The van der Waals surface area contributed by atoms with E-state index in [1.165, 1.54) is 22.8 Å². The third kappa shape index (κ3) is 4.89. The number of nitrogens with one attached hydrogen (secondary N) is 2. The lowest BCUT2D eigenvalue weighted by Gasteiger charge is -2.30. The lowest BCUT2D eigenvalue weighted by atomic mass is 9.87. The van der Waals surface area contributed by atoms with Crippen molar-refractivity contribution in [2.45, 2.75) is 37.3 Å². The summed E-state index contributed by atoms with van der Waals surface area (Å²) in [4.78, 5) is 12.4. The van der Waals surface area contributed by atoms with E-state index in [2.05, 4.69) is 65.2 Å². The van der Waals surface area contributed by atoms with Gasteiger partial charge in [-0.1, -0.05) is 72.8 Å². The number of likely N-dealkylation sites (N-methyl/N-ethyl adjacent to an activating group) is 1. The Bertz CT molecular complexity index is 969. The second-order valence-corrected chi connectivity index (χ2v) is 8.11. The highest BCUT2D eigenvalue weighted by Gasteiger charge is 2.27. The molecule has 0 aromatic heterocycles. The number of ether oxygens (including phenoxy) is 1. The van der Waals surface area contributed by atoms with Gasteiger partial charge in [-0.2, -0.15) is 0 Å². The molecule has 2 N–H and O–H groups in total. The van der Waals surface area contributed by atoms with Gasteiger partial charge in [0.05, 0.1) is 6.10 Å². The molecule has 2 atom stereocenters. The molecule has 0 aliphatic heterocycles. The first-order chi connectivity index (χ1) is 14.7. The second-order valence-electron chi connectivity index (χ2n) is 8.11. The van der Waals surface area contributed by atoms with Gasteiger partial charge in [0.2, 0.25) is 5.91 Å². The highest BCUT2D eigenvalue weighted by atomic mass is 16.5. The van der Waals surface area contributed by atoms with Crippen molar-refractivity contribution in [3.05, 3.63) is 83.9 Å². The predicted octanol–water partition coefficient (Wildman–Crippen LogP) is 4.57. The van der Waals surface area contributed by atoms with Gasteiger partial charge in [0.25, 0.3) is 0 Å². The van der Waals surface area contributed by atoms with Gasteiger partial charge in [-0.15, -0.1) is 0 Å². The molecule has 1 fully saturated rings. The maximum absolute atomic E-state index is 12.4. The Morgan fingerprint density at radius 2 is 1.70 bits per heavy atom. The van der Waals surface area contributed by atoms with Gasteiger partial charge in [0, 0.05) is 18.5 Å². The van der Waals surface area contributed by atoms with E-state index in [9.17, 15) is 4.79 Å². The molecule has 1 saturated carbocycles. The van der Waals surface area contributed by atoms with Crippen LogP contribution in [0.4, 0.5) is 0 Å². The maximum atomic E-state index is 12.4. The van der Waals surface area contributed by atoms with Crippen LogP contribution in [-0.4, -0.2) is 32.1 Å². The van der Waals surface area contributed by atoms with Gasteiger partial charge >= 0.3 is 0 Å². The van der Waals surface area contributed by atoms with Crippen LogP contribution >= 0.6 is 0 Å². The van der Waals surface area contributed by atoms with Crippen molar-refractivity contribution in [3.63, 3.8) is 0 Å². The molecule has 1 aliphatic rings. The Labute approximate surface area is 178 Å². The summed E-state index contributed by atoms with van der Waals surface area (Å²) in [6.45, 7) is 0.825. The summed E-state index contributed by atoms with van der Waals surface area (Å²) in [6, 6.07) is 25.5. The van der Waals surface area contributed by atoms with Crippen LogP contribution in [0, 0.1) is 0 Å². The summed E-state index contributed by atoms with van der Waals surface area (Å²) in [5, 5.41) is 8.84. The molecule has 156 valence electrons. The molecule has 4 rings (SSSR count). The van der Waals surface area contributed by atoms with Crippen LogP contribution in [0.5, 0.6) is 0 Å². The largest absolute Gasteiger partial charge is 0.363 e. The lowest BCUT2D eigenvalue weighted by Crippen LogP contribution is -2.41. The maximum Gasteiger partial charge on any atom is 0.246 e. The molecule has 4 nitrogen and oxygen atoms in total.